The van der Waals surface area contributed by atoms with Gasteiger partial charge < -0.3 is 15.5 Å². The Hall–Kier alpha value is -3.10. The van der Waals surface area contributed by atoms with Crippen LogP contribution in [-0.4, -0.2) is 41.6 Å². The van der Waals surface area contributed by atoms with Gasteiger partial charge in [-0.1, -0.05) is 42.5 Å². The second-order valence-corrected chi connectivity index (χ2v) is 8.85. The summed E-state index contributed by atoms with van der Waals surface area (Å²) in [5, 5.41) is 6.92. The van der Waals surface area contributed by atoms with Gasteiger partial charge in [-0.3, -0.25) is 0 Å². The summed E-state index contributed by atoms with van der Waals surface area (Å²) < 4.78 is 28.3. The average Bonchev–Trinajstić information content (AvgIpc) is 2.72. The molecule has 0 radical (unpaired) electrons. The lowest BCUT2D eigenvalue weighted by molar-refractivity contribution is 0.252. The van der Waals surface area contributed by atoms with Crippen LogP contribution in [0.5, 0.6) is 0 Å². The minimum Gasteiger partial charge on any atom is -0.377 e. The van der Waals surface area contributed by atoms with Crippen LogP contribution < -0.4 is 20.3 Å². The summed E-state index contributed by atoms with van der Waals surface area (Å²) in [5.41, 5.74) is 2.60. The number of sulfonamides is 1. The number of benzene rings is 3. The van der Waals surface area contributed by atoms with Crippen molar-refractivity contribution in [2.24, 2.45) is 0 Å². The molecule has 0 aliphatic heterocycles. The molecule has 0 aliphatic carbocycles. The highest BCUT2D eigenvalue weighted by Gasteiger charge is 2.18. The maximum atomic E-state index is 12.9. The van der Waals surface area contributed by atoms with Crippen molar-refractivity contribution >= 4 is 38.2 Å². The van der Waals surface area contributed by atoms with Gasteiger partial charge in [-0.05, 0) is 30.7 Å². The first-order valence-electron chi connectivity index (χ1n) is 9.59. The predicted molar refractivity (Wildman–Crippen MR) is 122 cm³/mol. The summed E-state index contributed by atoms with van der Waals surface area (Å²) in [6, 6.07) is 17.9. The number of para-hydroxylation sites is 1. The lowest BCUT2D eigenvalue weighted by atomic mass is 10.1. The number of hydrogen-bond acceptors (Lipinski definition) is 4. The normalized spacial score (nSPS) is 11.3. The smallest absolute Gasteiger partial charge is 0.319 e. The van der Waals surface area contributed by atoms with Crippen LogP contribution in [0.4, 0.5) is 16.2 Å². The van der Waals surface area contributed by atoms with Crippen LogP contribution in [0.25, 0.3) is 10.8 Å². The second kappa shape index (κ2) is 9.15. The van der Waals surface area contributed by atoms with Crippen molar-refractivity contribution in [3.63, 3.8) is 0 Å². The SMILES string of the molecule is Cc1ccccc1NC(=O)NCCNS(=O)(=O)c1cccc2c(N(C)C)cccc12. The van der Waals surface area contributed by atoms with E-state index in [1.54, 1.807) is 24.3 Å². The van der Waals surface area contributed by atoms with Gasteiger partial charge in [0.1, 0.15) is 0 Å². The molecule has 3 rings (SSSR count). The number of rotatable bonds is 7. The van der Waals surface area contributed by atoms with E-state index in [1.807, 2.05) is 62.3 Å². The molecule has 8 heteroatoms. The number of urea groups is 1. The van der Waals surface area contributed by atoms with Gasteiger partial charge in [0.2, 0.25) is 10.0 Å². The zero-order valence-electron chi connectivity index (χ0n) is 17.3. The predicted octanol–water partition coefficient (Wildman–Crippen LogP) is 3.31. The summed E-state index contributed by atoms with van der Waals surface area (Å²) >= 11 is 0. The fraction of sp³-hybridized carbons (Fsp3) is 0.227. The summed E-state index contributed by atoms with van der Waals surface area (Å²) in [6.45, 7) is 2.13. The van der Waals surface area contributed by atoms with E-state index < -0.39 is 10.0 Å². The molecule has 30 heavy (non-hydrogen) atoms. The van der Waals surface area contributed by atoms with Gasteiger partial charge in [-0.25, -0.2) is 17.9 Å². The van der Waals surface area contributed by atoms with Crippen molar-refractivity contribution in [2.75, 3.05) is 37.4 Å². The maximum absolute atomic E-state index is 12.9. The molecule has 2 amide bonds. The molecule has 3 aromatic rings. The molecule has 0 atom stereocenters. The Kier molecular flexibility index (Phi) is 6.59. The number of amides is 2. The van der Waals surface area contributed by atoms with Crippen LogP contribution in [0.1, 0.15) is 5.56 Å². The Labute approximate surface area is 177 Å². The number of fused-ring (bicyclic) bond motifs is 1. The Morgan fingerprint density at radius 3 is 2.33 bits per heavy atom. The molecule has 0 aliphatic rings. The van der Waals surface area contributed by atoms with E-state index in [2.05, 4.69) is 15.4 Å². The molecule has 0 heterocycles. The van der Waals surface area contributed by atoms with E-state index in [1.165, 1.54) is 0 Å². The standard InChI is InChI=1S/C22H26N4O3S/c1-16-8-4-5-11-19(16)25-22(27)23-14-15-24-30(28,29)21-13-7-9-17-18(21)10-6-12-20(17)26(2)3/h4-13,24H,14-15H2,1-3H3,(H2,23,25,27). The Balaban J connectivity index is 1.64. The van der Waals surface area contributed by atoms with Crippen LogP contribution in [-0.2, 0) is 10.0 Å². The van der Waals surface area contributed by atoms with Crippen molar-refractivity contribution in [3.05, 3.63) is 66.2 Å². The molecule has 0 saturated heterocycles. The van der Waals surface area contributed by atoms with Crippen LogP contribution in [0.15, 0.2) is 65.6 Å². The number of carbonyl (C=O) groups excluding carboxylic acids is 1. The Bertz CT molecular complexity index is 1160. The van der Waals surface area contributed by atoms with E-state index in [0.717, 1.165) is 16.6 Å². The largest absolute Gasteiger partial charge is 0.377 e. The average molecular weight is 427 g/mol. The summed E-state index contributed by atoms with van der Waals surface area (Å²) in [6.07, 6.45) is 0. The lowest BCUT2D eigenvalue weighted by Gasteiger charge is -2.17. The van der Waals surface area contributed by atoms with Crippen LogP contribution in [0.2, 0.25) is 0 Å². The van der Waals surface area contributed by atoms with Gasteiger partial charge in [-0.15, -0.1) is 0 Å². The fourth-order valence-corrected chi connectivity index (χ4v) is 4.46. The van der Waals surface area contributed by atoms with Crippen molar-refractivity contribution in [1.29, 1.82) is 0 Å². The van der Waals surface area contributed by atoms with Crippen LogP contribution in [0, 0.1) is 6.92 Å². The third-order valence-electron chi connectivity index (χ3n) is 4.73. The molecule has 3 aromatic carbocycles. The molecular weight excluding hydrogens is 400 g/mol. The first-order valence-corrected chi connectivity index (χ1v) is 11.1. The minimum atomic E-state index is -3.73. The molecule has 7 nitrogen and oxygen atoms in total. The number of anilines is 2. The van der Waals surface area contributed by atoms with Crippen molar-refractivity contribution in [2.45, 2.75) is 11.8 Å². The van der Waals surface area contributed by atoms with Crippen molar-refractivity contribution in [3.8, 4) is 0 Å². The highest BCUT2D eigenvalue weighted by Crippen LogP contribution is 2.29. The van der Waals surface area contributed by atoms with E-state index in [-0.39, 0.29) is 24.0 Å². The molecule has 0 spiro atoms. The molecule has 0 bridgehead atoms. The summed E-state index contributed by atoms with van der Waals surface area (Å²) in [5.74, 6) is 0. The Morgan fingerprint density at radius 1 is 0.900 bits per heavy atom. The van der Waals surface area contributed by atoms with Gasteiger partial charge in [0.15, 0.2) is 0 Å². The lowest BCUT2D eigenvalue weighted by Crippen LogP contribution is -2.36. The number of hydrogen-bond donors (Lipinski definition) is 3. The summed E-state index contributed by atoms with van der Waals surface area (Å²) in [4.78, 5) is 14.2. The molecule has 0 aromatic heterocycles. The van der Waals surface area contributed by atoms with Gasteiger partial charge >= 0.3 is 6.03 Å². The first kappa shape index (κ1) is 21.6. The fourth-order valence-electron chi connectivity index (χ4n) is 3.21. The van der Waals surface area contributed by atoms with E-state index in [0.29, 0.717) is 11.1 Å². The highest BCUT2D eigenvalue weighted by atomic mass is 32.2. The third-order valence-corrected chi connectivity index (χ3v) is 6.25. The zero-order valence-corrected chi connectivity index (χ0v) is 18.1. The molecule has 0 saturated carbocycles. The van der Waals surface area contributed by atoms with Gasteiger partial charge in [-0.2, -0.15) is 0 Å². The highest BCUT2D eigenvalue weighted by molar-refractivity contribution is 7.89. The quantitative estimate of drug-likeness (QED) is 0.506. The zero-order chi connectivity index (χ0) is 21.7. The van der Waals surface area contributed by atoms with E-state index in [9.17, 15) is 13.2 Å². The second-order valence-electron chi connectivity index (χ2n) is 7.12. The molecule has 0 unspecified atom stereocenters. The molecule has 0 fully saturated rings. The van der Waals surface area contributed by atoms with Gasteiger partial charge in [0.05, 0.1) is 4.90 Å². The van der Waals surface area contributed by atoms with Crippen LogP contribution in [0.3, 0.4) is 0 Å². The molecular formula is C22H26N4O3S. The van der Waals surface area contributed by atoms with Crippen LogP contribution >= 0.6 is 0 Å². The van der Waals surface area contributed by atoms with Gasteiger partial charge in [0, 0.05) is 49.3 Å². The third kappa shape index (κ3) is 4.90. The monoisotopic (exact) mass is 426 g/mol. The Morgan fingerprint density at radius 2 is 1.60 bits per heavy atom. The van der Waals surface area contributed by atoms with Gasteiger partial charge in [0.25, 0.3) is 0 Å². The van der Waals surface area contributed by atoms with Crippen molar-refractivity contribution < 1.29 is 13.2 Å². The van der Waals surface area contributed by atoms with E-state index in [4.69, 9.17) is 0 Å². The number of aryl methyl sites for hydroxylation is 1. The topological polar surface area (TPSA) is 90.5 Å². The number of carbonyl (C=O) groups is 1. The first-order chi connectivity index (χ1) is 14.3. The van der Waals surface area contributed by atoms with Crippen molar-refractivity contribution in [1.82, 2.24) is 10.0 Å². The van der Waals surface area contributed by atoms with E-state index >= 15 is 0 Å². The summed E-state index contributed by atoms with van der Waals surface area (Å²) in [7, 11) is 0.104. The number of nitrogens with one attached hydrogen (secondary N) is 3. The maximum Gasteiger partial charge on any atom is 0.319 e. The molecule has 3 N–H and O–H groups in total. The number of nitrogens with zero attached hydrogens (tertiary/aromatic N) is 1. The minimum absolute atomic E-state index is 0.0767. The molecule has 158 valence electrons.